The molecule has 0 spiro atoms. The predicted molar refractivity (Wildman–Crippen MR) is 91.6 cm³/mol. The van der Waals surface area contributed by atoms with Crippen molar-refractivity contribution in [1.82, 2.24) is 10.2 Å². The number of hydrogen-bond acceptors (Lipinski definition) is 3. The minimum atomic E-state index is -0.857. The van der Waals surface area contributed by atoms with E-state index in [1.54, 1.807) is 4.90 Å². The van der Waals surface area contributed by atoms with E-state index in [9.17, 15) is 19.5 Å². The highest BCUT2D eigenvalue weighted by Gasteiger charge is 2.40. The number of hydrogen-bond donors (Lipinski definition) is 2. The van der Waals surface area contributed by atoms with Crippen molar-refractivity contribution in [3.63, 3.8) is 0 Å². The molecular weight excluding hydrogens is 320 g/mol. The maximum absolute atomic E-state index is 12.5. The van der Waals surface area contributed by atoms with Gasteiger partial charge in [0.25, 0.3) is 0 Å². The Kier molecular flexibility index (Phi) is 5.06. The zero-order chi connectivity index (χ0) is 18.0. The van der Waals surface area contributed by atoms with Crippen LogP contribution >= 0.6 is 0 Å². The van der Waals surface area contributed by atoms with Gasteiger partial charge in [-0.25, -0.2) is 0 Å². The van der Waals surface area contributed by atoms with Crippen LogP contribution in [0.25, 0.3) is 0 Å². The maximum Gasteiger partial charge on any atom is 0.308 e. The summed E-state index contributed by atoms with van der Waals surface area (Å²) >= 11 is 0. The summed E-state index contributed by atoms with van der Waals surface area (Å²) < 4.78 is 0. The molecule has 2 aliphatic rings. The molecule has 0 aromatic heterocycles. The lowest BCUT2D eigenvalue weighted by Crippen LogP contribution is -2.43. The van der Waals surface area contributed by atoms with E-state index < -0.39 is 17.8 Å². The van der Waals surface area contributed by atoms with Gasteiger partial charge in [0.15, 0.2) is 0 Å². The molecule has 3 rings (SSSR count). The van der Waals surface area contributed by atoms with Crippen molar-refractivity contribution in [3.8, 4) is 0 Å². The van der Waals surface area contributed by atoms with Crippen LogP contribution in [0.2, 0.25) is 0 Å². The maximum atomic E-state index is 12.5. The Morgan fingerprint density at radius 3 is 2.64 bits per heavy atom. The van der Waals surface area contributed by atoms with Gasteiger partial charge in [0, 0.05) is 19.0 Å². The Hall–Kier alpha value is -2.37. The summed E-state index contributed by atoms with van der Waals surface area (Å²) in [6.07, 6.45) is 2.28. The number of amides is 2. The number of benzene rings is 1. The quantitative estimate of drug-likeness (QED) is 0.855. The fraction of sp³-hybridized carbons (Fsp3) is 0.526. The molecule has 1 saturated carbocycles. The van der Waals surface area contributed by atoms with Crippen molar-refractivity contribution in [3.05, 3.63) is 35.9 Å². The van der Waals surface area contributed by atoms with Gasteiger partial charge in [-0.05, 0) is 25.3 Å². The summed E-state index contributed by atoms with van der Waals surface area (Å²) in [7, 11) is 0. The largest absolute Gasteiger partial charge is 0.481 e. The molecule has 1 aromatic carbocycles. The predicted octanol–water partition coefficient (Wildman–Crippen LogP) is 1.97. The van der Waals surface area contributed by atoms with Crippen molar-refractivity contribution in [2.45, 2.75) is 44.7 Å². The first kappa shape index (κ1) is 17.5. The standard InChI is InChI=1S/C19H24N2O4/c1-12(13-6-3-2-4-7-13)21-11-14(10-17(21)22)18(23)20-16-9-5-8-15(16)19(24)25/h2-4,6-7,12,14-16H,5,8-11H2,1H3,(H,20,23)(H,24,25)/t12-,14-,15+,16-/m1/s1. The molecule has 4 atom stereocenters. The number of carboxylic acids is 1. The molecule has 2 N–H and O–H groups in total. The van der Waals surface area contributed by atoms with Crippen LogP contribution < -0.4 is 5.32 Å². The van der Waals surface area contributed by atoms with Gasteiger partial charge in [-0.3, -0.25) is 14.4 Å². The number of carbonyl (C=O) groups is 3. The molecule has 134 valence electrons. The average Bonchev–Trinajstić information content (AvgIpc) is 3.21. The first-order valence-corrected chi connectivity index (χ1v) is 8.85. The highest BCUT2D eigenvalue weighted by atomic mass is 16.4. The Labute approximate surface area is 147 Å². The number of carbonyl (C=O) groups excluding carboxylic acids is 2. The Morgan fingerprint density at radius 1 is 1.24 bits per heavy atom. The minimum absolute atomic E-state index is 0.0299. The Balaban J connectivity index is 1.62. The van der Waals surface area contributed by atoms with Gasteiger partial charge in [-0.1, -0.05) is 36.8 Å². The van der Waals surface area contributed by atoms with Crippen LogP contribution in [0.3, 0.4) is 0 Å². The summed E-state index contributed by atoms with van der Waals surface area (Å²) in [6.45, 7) is 2.34. The molecule has 0 radical (unpaired) electrons. The van der Waals surface area contributed by atoms with E-state index in [1.807, 2.05) is 37.3 Å². The van der Waals surface area contributed by atoms with Gasteiger partial charge >= 0.3 is 5.97 Å². The summed E-state index contributed by atoms with van der Waals surface area (Å²) in [5.74, 6) is -2.01. The third-order valence-corrected chi connectivity index (χ3v) is 5.44. The van der Waals surface area contributed by atoms with Crippen molar-refractivity contribution < 1.29 is 19.5 Å². The lowest BCUT2D eigenvalue weighted by Gasteiger charge is -2.25. The zero-order valence-corrected chi connectivity index (χ0v) is 14.4. The molecule has 0 bridgehead atoms. The molecule has 1 aromatic rings. The third-order valence-electron chi connectivity index (χ3n) is 5.44. The molecule has 1 aliphatic carbocycles. The second kappa shape index (κ2) is 7.25. The number of carboxylic acid groups (broad SMARTS) is 1. The van der Waals surface area contributed by atoms with E-state index in [2.05, 4.69) is 5.32 Å². The molecule has 6 heteroatoms. The molecular formula is C19H24N2O4. The van der Waals surface area contributed by atoms with E-state index in [0.717, 1.165) is 12.0 Å². The summed E-state index contributed by atoms with van der Waals surface area (Å²) in [5, 5.41) is 12.1. The van der Waals surface area contributed by atoms with Crippen LogP contribution in [0.15, 0.2) is 30.3 Å². The van der Waals surface area contributed by atoms with Crippen molar-refractivity contribution in [1.29, 1.82) is 0 Å². The van der Waals surface area contributed by atoms with Gasteiger partial charge < -0.3 is 15.3 Å². The van der Waals surface area contributed by atoms with Crippen LogP contribution in [0.5, 0.6) is 0 Å². The normalized spacial score (nSPS) is 27.3. The summed E-state index contributed by atoms with van der Waals surface area (Å²) in [6, 6.07) is 9.35. The average molecular weight is 344 g/mol. The fourth-order valence-electron chi connectivity index (χ4n) is 3.92. The van der Waals surface area contributed by atoms with Crippen molar-refractivity contribution in [2.24, 2.45) is 11.8 Å². The topological polar surface area (TPSA) is 86.7 Å². The van der Waals surface area contributed by atoms with Crippen LogP contribution in [0.4, 0.5) is 0 Å². The molecule has 1 saturated heterocycles. The van der Waals surface area contributed by atoms with E-state index >= 15 is 0 Å². The summed E-state index contributed by atoms with van der Waals surface area (Å²) in [5.41, 5.74) is 1.04. The Bertz CT molecular complexity index is 661. The molecule has 25 heavy (non-hydrogen) atoms. The van der Waals surface area contributed by atoms with E-state index in [-0.39, 0.29) is 30.3 Å². The van der Waals surface area contributed by atoms with Gasteiger partial charge in [-0.15, -0.1) is 0 Å². The Morgan fingerprint density at radius 2 is 1.96 bits per heavy atom. The molecule has 6 nitrogen and oxygen atoms in total. The fourth-order valence-corrected chi connectivity index (χ4v) is 3.92. The van der Waals surface area contributed by atoms with Gasteiger partial charge in [0.05, 0.1) is 17.9 Å². The monoisotopic (exact) mass is 344 g/mol. The minimum Gasteiger partial charge on any atom is -0.481 e. The van der Waals surface area contributed by atoms with E-state index in [4.69, 9.17) is 0 Å². The first-order chi connectivity index (χ1) is 12.0. The highest BCUT2D eigenvalue weighted by Crippen LogP contribution is 2.30. The lowest BCUT2D eigenvalue weighted by atomic mass is 10.0. The third kappa shape index (κ3) is 3.67. The van der Waals surface area contributed by atoms with E-state index in [0.29, 0.717) is 19.4 Å². The number of likely N-dealkylation sites (tertiary alicyclic amines) is 1. The molecule has 1 heterocycles. The first-order valence-electron chi connectivity index (χ1n) is 8.85. The number of aliphatic carboxylic acids is 1. The van der Waals surface area contributed by atoms with Gasteiger partial charge in [-0.2, -0.15) is 0 Å². The zero-order valence-electron chi connectivity index (χ0n) is 14.4. The lowest BCUT2D eigenvalue weighted by molar-refractivity contribution is -0.142. The van der Waals surface area contributed by atoms with Crippen LogP contribution in [-0.2, 0) is 14.4 Å². The number of nitrogens with zero attached hydrogens (tertiary/aromatic N) is 1. The molecule has 2 amide bonds. The molecule has 0 unspecified atom stereocenters. The second-order valence-electron chi connectivity index (χ2n) is 7.02. The number of rotatable bonds is 5. The van der Waals surface area contributed by atoms with Crippen molar-refractivity contribution in [2.75, 3.05) is 6.54 Å². The smallest absolute Gasteiger partial charge is 0.308 e. The van der Waals surface area contributed by atoms with Crippen LogP contribution in [-0.4, -0.2) is 40.4 Å². The number of nitrogens with one attached hydrogen (secondary N) is 1. The van der Waals surface area contributed by atoms with Crippen LogP contribution in [0.1, 0.15) is 44.2 Å². The van der Waals surface area contributed by atoms with Crippen molar-refractivity contribution >= 4 is 17.8 Å². The van der Waals surface area contributed by atoms with Crippen LogP contribution in [0, 0.1) is 11.8 Å². The molecule has 1 aliphatic heterocycles. The highest BCUT2D eigenvalue weighted by molar-refractivity contribution is 5.90. The second-order valence-corrected chi connectivity index (χ2v) is 7.02. The molecule has 2 fully saturated rings. The summed E-state index contributed by atoms with van der Waals surface area (Å²) in [4.78, 5) is 37.9. The van der Waals surface area contributed by atoms with E-state index in [1.165, 1.54) is 0 Å². The van der Waals surface area contributed by atoms with Gasteiger partial charge in [0.1, 0.15) is 0 Å². The van der Waals surface area contributed by atoms with Gasteiger partial charge in [0.2, 0.25) is 11.8 Å². The SMILES string of the molecule is C[C@H](c1ccccc1)N1C[C@H](C(=O)N[C@@H]2CCC[C@@H]2C(=O)O)CC1=O.